The van der Waals surface area contributed by atoms with Crippen molar-refractivity contribution >= 4 is 18.3 Å². The Morgan fingerprint density at radius 2 is 2.33 bits per heavy atom. The van der Waals surface area contributed by atoms with E-state index in [9.17, 15) is 4.79 Å². The van der Waals surface area contributed by atoms with Crippen LogP contribution in [0.4, 0.5) is 0 Å². The highest BCUT2D eigenvalue weighted by Crippen LogP contribution is 2.33. The van der Waals surface area contributed by atoms with Crippen molar-refractivity contribution in [1.29, 1.82) is 0 Å². The van der Waals surface area contributed by atoms with Gasteiger partial charge in [-0.05, 0) is 13.8 Å². The molecule has 1 aliphatic rings. The number of amides is 1. The Morgan fingerprint density at radius 1 is 1.62 bits per heavy atom. The topological polar surface area (TPSA) is 94.0 Å². The number of halogens is 1. The molecule has 2 rings (SSSR count). The Labute approximate surface area is 129 Å². The van der Waals surface area contributed by atoms with Crippen molar-refractivity contribution in [3.8, 4) is 0 Å². The summed E-state index contributed by atoms with van der Waals surface area (Å²) < 4.78 is 5.27. The first-order valence-corrected chi connectivity index (χ1v) is 6.36. The minimum atomic E-state index is -0.763. The van der Waals surface area contributed by atoms with Crippen molar-refractivity contribution in [3.05, 3.63) is 48.7 Å². The van der Waals surface area contributed by atoms with Crippen molar-refractivity contribution < 1.29 is 9.32 Å². The lowest BCUT2D eigenvalue weighted by Crippen LogP contribution is -2.52. The van der Waals surface area contributed by atoms with Gasteiger partial charge in [0.05, 0.1) is 12.1 Å². The number of hydrogen-bond donors (Lipinski definition) is 2. The third-order valence-electron chi connectivity index (χ3n) is 3.25. The van der Waals surface area contributed by atoms with Crippen LogP contribution in [0.1, 0.15) is 18.6 Å². The van der Waals surface area contributed by atoms with Gasteiger partial charge in [-0.25, -0.2) is 0 Å². The van der Waals surface area contributed by atoms with E-state index in [0.717, 1.165) is 0 Å². The standard InChI is InChI=1S/C14H18N4O2.ClH/c1-4-14(13-16-10(3)18-20-13)8-6-5-7-11(14)17-12(19)9(2)15;/h4-9,11H,1,15H2,2-3H3,(H,17,19);1H/t9?,11?,14-;/m1./s1. The van der Waals surface area contributed by atoms with Gasteiger partial charge in [-0.1, -0.05) is 35.5 Å². The Bertz CT molecular complexity index is 579. The minimum Gasteiger partial charge on any atom is -0.347 e. The molecule has 0 spiro atoms. The molecular weight excluding hydrogens is 292 g/mol. The first kappa shape index (κ1) is 17.1. The van der Waals surface area contributed by atoms with Crippen molar-refractivity contribution in [2.24, 2.45) is 5.73 Å². The van der Waals surface area contributed by atoms with E-state index in [0.29, 0.717) is 11.7 Å². The van der Waals surface area contributed by atoms with E-state index in [1.54, 1.807) is 19.9 Å². The molecule has 21 heavy (non-hydrogen) atoms. The molecule has 7 heteroatoms. The monoisotopic (exact) mass is 310 g/mol. The third-order valence-corrected chi connectivity index (χ3v) is 3.25. The Hall–Kier alpha value is -1.92. The molecule has 0 fully saturated rings. The zero-order valence-electron chi connectivity index (χ0n) is 11.9. The molecule has 1 aromatic heterocycles. The number of aromatic nitrogens is 2. The van der Waals surface area contributed by atoms with Crippen LogP contribution in [0.25, 0.3) is 0 Å². The van der Waals surface area contributed by atoms with Gasteiger partial charge in [-0.15, -0.1) is 19.0 Å². The van der Waals surface area contributed by atoms with E-state index in [1.165, 1.54) is 0 Å². The van der Waals surface area contributed by atoms with Gasteiger partial charge in [0, 0.05) is 0 Å². The van der Waals surface area contributed by atoms with E-state index < -0.39 is 11.5 Å². The molecule has 1 amide bonds. The Kier molecular flexibility index (Phi) is 5.46. The number of rotatable bonds is 4. The van der Waals surface area contributed by atoms with Gasteiger partial charge in [0.1, 0.15) is 5.41 Å². The van der Waals surface area contributed by atoms with Crippen LogP contribution in [0.3, 0.4) is 0 Å². The molecule has 0 saturated carbocycles. The highest BCUT2D eigenvalue weighted by molar-refractivity contribution is 5.85. The van der Waals surface area contributed by atoms with Crippen molar-refractivity contribution in [2.45, 2.75) is 31.3 Å². The largest absolute Gasteiger partial charge is 0.347 e. The van der Waals surface area contributed by atoms with E-state index in [1.807, 2.05) is 24.3 Å². The summed E-state index contributed by atoms with van der Waals surface area (Å²) in [4.78, 5) is 16.1. The molecule has 3 atom stereocenters. The van der Waals surface area contributed by atoms with E-state index in [2.05, 4.69) is 22.0 Å². The molecule has 0 bridgehead atoms. The number of carbonyl (C=O) groups is 1. The fourth-order valence-corrected chi connectivity index (χ4v) is 2.06. The highest BCUT2D eigenvalue weighted by atomic mass is 35.5. The fraction of sp³-hybridized carbons (Fsp3) is 0.357. The average molecular weight is 311 g/mol. The molecule has 0 radical (unpaired) electrons. The van der Waals surface area contributed by atoms with Gasteiger partial charge >= 0.3 is 0 Å². The number of nitrogens with zero attached hydrogens (tertiary/aromatic N) is 2. The minimum absolute atomic E-state index is 0. The second-order valence-corrected chi connectivity index (χ2v) is 4.80. The lowest BCUT2D eigenvalue weighted by molar-refractivity contribution is -0.122. The molecule has 0 aliphatic heterocycles. The Morgan fingerprint density at radius 3 is 2.86 bits per heavy atom. The Balaban J connectivity index is 0.00000220. The lowest BCUT2D eigenvalue weighted by atomic mass is 9.77. The fourth-order valence-electron chi connectivity index (χ4n) is 2.06. The molecule has 6 nitrogen and oxygen atoms in total. The van der Waals surface area contributed by atoms with Crippen molar-refractivity contribution in [2.75, 3.05) is 0 Å². The first-order chi connectivity index (χ1) is 9.49. The van der Waals surface area contributed by atoms with Crippen molar-refractivity contribution in [1.82, 2.24) is 15.5 Å². The predicted molar refractivity (Wildman–Crippen MR) is 82.0 cm³/mol. The van der Waals surface area contributed by atoms with Crippen LogP contribution in [-0.2, 0) is 10.2 Å². The molecule has 3 N–H and O–H groups in total. The maximum absolute atomic E-state index is 11.9. The number of nitrogens with two attached hydrogens (primary N) is 1. The summed E-state index contributed by atoms with van der Waals surface area (Å²) >= 11 is 0. The zero-order valence-corrected chi connectivity index (χ0v) is 12.8. The lowest BCUT2D eigenvalue weighted by Gasteiger charge is -2.33. The summed E-state index contributed by atoms with van der Waals surface area (Å²) in [6, 6.07) is -0.968. The molecule has 0 aromatic carbocycles. The molecule has 1 heterocycles. The van der Waals surface area contributed by atoms with Crippen LogP contribution in [0.15, 0.2) is 41.5 Å². The number of carbonyl (C=O) groups excluding carboxylic acids is 1. The van der Waals surface area contributed by atoms with Crippen LogP contribution in [0.5, 0.6) is 0 Å². The smallest absolute Gasteiger partial charge is 0.242 e. The summed E-state index contributed by atoms with van der Waals surface area (Å²) in [5.41, 5.74) is 4.83. The van der Waals surface area contributed by atoms with Crippen LogP contribution >= 0.6 is 12.4 Å². The number of nitrogens with one attached hydrogen (secondary N) is 1. The number of hydrogen-bond acceptors (Lipinski definition) is 5. The summed E-state index contributed by atoms with van der Waals surface area (Å²) in [7, 11) is 0. The second-order valence-electron chi connectivity index (χ2n) is 4.80. The predicted octanol–water partition coefficient (Wildman–Crippen LogP) is 1.18. The highest BCUT2D eigenvalue weighted by Gasteiger charge is 2.41. The third kappa shape index (κ3) is 3.22. The zero-order chi connectivity index (χ0) is 14.8. The first-order valence-electron chi connectivity index (χ1n) is 6.36. The van der Waals surface area contributed by atoms with Gasteiger partial charge in [0.2, 0.25) is 11.8 Å². The van der Waals surface area contributed by atoms with Gasteiger partial charge in [-0.2, -0.15) is 4.98 Å². The van der Waals surface area contributed by atoms with Crippen molar-refractivity contribution in [3.63, 3.8) is 0 Å². The summed E-state index contributed by atoms with van der Waals surface area (Å²) in [6.07, 6.45) is 9.11. The van der Waals surface area contributed by atoms with Crippen LogP contribution in [-0.4, -0.2) is 28.1 Å². The second kappa shape index (κ2) is 6.69. The number of aryl methyl sites for hydroxylation is 1. The van der Waals surface area contributed by atoms with Gasteiger partial charge < -0.3 is 15.6 Å². The summed E-state index contributed by atoms with van der Waals surface area (Å²) in [6.45, 7) is 7.22. The number of allylic oxidation sites excluding steroid dienone is 2. The van der Waals surface area contributed by atoms with Gasteiger partial charge in [0.15, 0.2) is 5.82 Å². The molecule has 0 saturated heterocycles. The SMILES string of the molecule is C=C[C@@]1(c2nc(C)no2)C=CC=CC1NC(=O)C(C)N.Cl. The summed E-state index contributed by atoms with van der Waals surface area (Å²) in [5, 5.41) is 6.67. The normalized spacial score (nSPS) is 25.0. The van der Waals surface area contributed by atoms with Crippen LogP contribution < -0.4 is 11.1 Å². The van der Waals surface area contributed by atoms with Gasteiger partial charge in [0.25, 0.3) is 0 Å². The molecule has 2 unspecified atom stereocenters. The molecule has 1 aliphatic carbocycles. The maximum atomic E-state index is 11.9. The molecule has 114 valence electrons. The van der Waals surface area contributed by atoms with E-state index >= 15 is 0 Å². The maximum Gasteiger partial charge on any atom is 0.242 e. The van der Waals surface area contributed by atoms with E-state index in [-0.39, 0.29) is 24.4 Å². The molecule has 1 aromatic rings. The van der Waals surface area contributed by atoms with E-state index in [4.69, 9.17) is 10.3 Å². The quantitative estimate of drug-likeness (QED) is 0.814. The van der Waals surface area contributed by atoms with Crippen LogP contribution in [0, 0.1) is 6.92 Å². The summed E-state index contributed by atoms with van der Waals surface area (Å²) in [5.74, 6) is 0.666. The average Bonchev–Trinajstić information content (AvgIpc) is 2.86. The van der Waals surface area contributed by atoms with Gasteiger partial charge in [-0.3, -0.25) is 4.79 Å². The van der Waals surface area contributed by atoms with Crippen LogP contribution in [0.2, 0.25) is 0 Å². The molecular formula is C14H19ClN4O2.